The molecule has 0 aliphatic heterocycles. The van der Waals surface area contributed by atoms with Crippen LogP contribution in [-0.4, -0.2) is 32.5 Å². The van der Waals surface area contributed by atoms with E-state index in [0.717, 1.165) is 16.8 Å². The van der Waals surface area contributed by atoms with E-state index in [1.165, 1.54) is 0 Å². The van der Waals surface area contributed by atoms with E-state index in [2.05, 4.69) is 15.4 Å². The monoisotopic (exact) mass is 294 g/mol. The SMILES string of the molecule is OC(CNc1ccc(-c2cccnc2)cc1)Cn1cccn1. The first-order valence-electron chi connectivity index (χ1n) is 7.21. The van der Waals surface area contributed by atoms with E-state index in [4.69, 9.17) is 0 Å². The van der Waals surface area contributed by atoms with E-state index in [1.54, 1.807) is 17.1 Å². The summed E-state index contributed by atoms with van der Waals surface area (Å²) in [6, 6.07) is 13.9. The molecule has 0 saturated heterocycles. The fraction of sp³-hybridized carbons (Fsp3) is 0.176. The molecule has 0 saturated carbocycles. The number of aliphatic hydroxyl groups excluding tert-OH is 1. The van der Waals surface area contributed by atoms with Crippen LogP contribution in [0.2, 0.25) is 0 Å². The van der Waals surface area contributed by atoms with Gasteiger partial charge in [0.2, 0.25) is 0 Å². The van der Waals surface area contributed by atoms with Gasteiger partial charge in [0, 0.05) is 37.0 Å². The average Bonchev–Trinajstić information content (AvgIpc) is 3.07. The van der Waals surface area contributed by atoms with Crippen molar-refractivity contribution in [2.75, 3.05) is 11.9 Å². The van der Waals surface area contributed by atoms with Crippen LogP contribution >= 0.6 is 0 Å². The van der Waals surface area contributed by atoms with Gasteiger partial charge in [-0.3, -0.25) is 9.67 Å². The number of anilines is 1. The number of aliphatic hydroxyl groups is 1. The molecule has 0 amide bonds. The molecule has 2 N–H and O–H groups in total. The molecular formula is C17H18N4O. The molecule has 0 fully saturated rings. The molecule has 0 bridgehead atoms. The molecule has 112 valence electrons. The minimum absolute atomic E-state index is 0.478. The smallest absolute Gasteiger partial charge is 0.0907 e. The third-order valence-corrected chi connectivity index (χ3v) is 3.38. The quantitative estimate of drug-likeness (QED) is 0.733. The summed E-state index contributed by atoms with van der Waals surface area (Å²) >= 11 is 0. The summed E-state index contributed by atoms with van der Waals surface area (Å²) < 4.78 is 1.72. The highest BCUT2D eigenvalue weighted by Gasteiger charge is 2.05. The van der Waals surface area contributed by atoms with Crippen molar-refractivity contribution < 1.29 is 5.11 Å². The minimum Gasteiger partial charge on any atom is -0.389 e. The highest BCUT2D eigenvalue weighted by Crippen LogP contribution is 2.20. The number of rotatable bonds is 6. The van der Waals surface area contributed by atoms with Crippen LogP contribution in [0.4, 0.5) is 5.69 Å². The second-order valence-corrected chi connectivity index (χ2v) is 5.08. The van der Waals surface area contributed by atoms with Gasteiger partial charge in [-0.25, -0.2) is 0 Å². The summed E-state index contributed by atoms with van der Waals surface area (Å²) in [6.45, 7) is 0.958. The summed E-state index contributed by atoms with van der Waals surface area (Å²) in [4.78, 5) is 4.12. The van der Waals surface area contributed by atoms with Crippen LogP contribution in [0.1, 0.15) is 0 Å². The Labute approximate surface area is 129 Å². The number of nitrogens with one attached hydrogen (secondary N) is 1. The second-order valence-electron chi connectivity index (χ2n) is 5.08. The first-order chi connectivity index (χ1) is 10.8. The normalized spacial score (nSPS) is 12.0. The van der Waals surface area contributed by atoms with Crippen molar-refractivity contribution in [3.63, 3.8) is 0 Å². The van der Waals surface area contributed by atoms with Crippen LogP contribution in [0.15, 0.2) is 67.3 Å². The molecule has 0 aliphatic carbocycles. The van der Waals surface area contributed by atoms with E-state index in [-0.39, 0.29) is 0 Å². The minimum atomic E-state index is -0.488. The lowest BCUT2D eigenvalue weighted by atomic mass is 10.1. The highest BCUT2D eigenvalue weighted by atomic mass is 16.3. The Bertz CT molecular complexity index is 680. The molecule has 5 heteroatoms. The zero-order chi connectivity index (χ0) is 15.2. The molecule has 3 aromatic rings. The molecule has 0 aliphatic rings. The standard InChI is InChI=1S/C17H18N4O/c22-17(13-21-10-2-9-20-21)12-19-16-6-4-14(5-7-16)15-3-1-8-18-11-15/h1-11,17,19,22H,12-13H2. The van der Waals surface area contributed by atoms with Gasteiger partial charge in [0.25, 0.3) is 0 Å². The molecule has 3 rings (SSSR count). The van der Waals surface area contributed by atoms with Crippen LogP contribution in [0.5, 0.6) is 0 Å². The zero-order valence-electron chi connectivity index (χ0n) is 12.1. The average molecular weight is 294 g/mol. The predicted octanol–water partition coefficient (Wildman–Crippen LogP) is 2.42. The van der Waals surface area contributed by atoms with Crippen LogP contribution in [-0.2, 0) is 6.54 Å². The predicted molar refractivity (Wildman–Crippen MR) is 86.4 cm³/mol. The number of aromatic nitrogens is 3. The Kier molecular flexibility index (Phi) is 4.46. The number of benzene rings is 1. The Morgan fingerprint density at radius 1 is 1.05 bits per heavy atom. The van der Waals surface area contributed by atoms with Crippen molar-refractivity contribution in [2.24, 2.45) is 0 Å². The van der Waals surface area contributed by atoms with Crippen molar-refractivity contribution in [3.05, 3.63) is 67.3 Å². The van der Waals surface area contributed by atoms with Crippen LogP contribution in [0, 0.1) is 0 Å². The molecule has 1 unspecified atom stereocenters. The Morgan fingerprint density at radius 2 is 1.91 bits per heavy atom. The maximum Gasteiger partial charge on any atom is 0.0907 e. The fourth-order valence-electron chi connectivity index (χ4n) is 2.24. The Morgan fingerprint density at radius 3 is 2.59 bits per heavy atom. The van der Waals surface area contributed by atoms with Gasteiger partial charge in [-0.05, 0) is 35.4 Å². The molecule has 5 nitrogen and oxygen atoms in total. The number of hydrogen-bond donors (Lipinski definition) is 2. The van der Waals surface area contributed by atoms with Crippen LogP contribution in [0.25, 0.3) is 11.1 Å². The van der Waals surface area contributed by atoms with Gasteiger partial charge in [0.1, 0.15) is 0 Å². The Hall–Kier alpha value is -2.66. The van der Waals surface area contributed by atoms with Crippen molar-refractivity contribution in [1.29, 1.82) is 0 Å². The summed E-state index contributed by atoms with van der Waals surface area (Å²) in [5, 5.41) is 17.3. The van der Waals surface area contributed by atoms with Gasteiger partial charge in [-0.2, -0.15) is 5.10 Å². The van der Waals surface area contributed by atoms with Crippen LogP contribution in [0.3, 0.4) is 0 Å². The van der Waals surface area contributed by atoms with E-state index in [1.807, 2.05) is 54.9 Å². The number of nitrogens with zero attached hydrogens (tertiary/aromatic N) is 3. The summed E-state index contributed by atoms with van der Waals surface area (Å²) in [5.74, 6) is 0. The molecule has 0 spiro atoms. The van der Waals surface area contributed by atoms with Gasteiger partial charge in [-0.15, -0.1) is 0 Å². The van der Waals surface area contributed by atoms with Gasteiger partial charge in [0.05, 0.1) is 12.6 Å². The van der Waals surface area contributed by atoms with Gasteiger partial charge >= 0.3 is 0 Å². The molecule has 1 atom stereocenters. The van der Waals surface area contributed by atoms with E-state index < -0.39 is 6.10 Å². The Balaban J connectivity index is 1.55. The second kappa shape index (κ2) is 6.87. The summed E-state index contributed by atoms with van der Waals surface area (Å²) in [5.41, 5.74) is 3.19. The van der Waals surface area contributed by atoms with Gasteiger partial charge in [-0.1, -0.05) is 18.2 Å². The van der Waals surface area contributed by atoms with Gasteiger partial charge < -0.3 is 10.4 Å². The van der Waals surface area contributed by atoms with Crippen molar-refractivity contribution in [2.45, 2.75) is 12.6 Å². The number of pyridine rings is 1. The molecule has 22 heavy (non-hydrogen) atoms. The first-order valence-corrected chi connectivity index (χ1v) is 7.21. The lowest BCUT2D eigenvalue weighted by Crippen LogP contribution is -2.25. The van der Waals surface area contributed by atoms with E-state index in [0.29, 0.717) is 13.1 Å². The maximum absolute atomic E-state index is 9.98. The van der Waals surface area contributed by atoms with Crippen molar-refractivity contribution >= 4 is 5.69 Å². The maximum atomic E-state index is 9.98. The van der Waals surface area contributed by atoms with Crippen LogP contribution < -0.4 is 5.32 Å². The first kappa shape index (κ1) is 14.3. The van der Waals surface area contributed by atoms with E-state index in [9.17, 15) is 5.11 Å². The van der Waals surface area contributed by atoms with Crippen molar-refractivity contribution in [1.82, 2.24) is 14.8 Å². The van der Waals surface area contributed by atoms with Crippen molar-refractivity contribution in [3.8, 4) is 11.1 Å². The highest BCUT2D eigenvalue weighted by molar-refractivity contribution is 5.65. The third kappa shape index (κ3) is 3.71. The molecule has 0 radical (unpaired) electrons. The zero-order valence-corrected chi connectivity index (χ0v) is 12.1. The summed E-state index contributed by atoms with van der Waals surface area (Å²) in [7, 11) is 0. The lowest BCUT2D eigenvalue weighted by Gasteiger charge is -2.13. The fourth-order valence-corrected chi connectivity index (χ4v) is 2.24. The molecule has 2 heterocycles. The summed E-state index contributed by atoms with van der Waals surface area (Å²) in [6.07, 6.45) is 6.66. The molecule has 1 aromatic carbocycles. The van der Waals surface area contributed by atoms with Gasteiger partial charge in [0.15, 0.2) is 0 Å². The van der Waals surface area contributed by atoms with E-state index >= 15 is 0 Å². The number of hydrogen-bond acceptors (Lipinski definition) is 4. The largest absolute Gasteiger partial charge is 0.389 e. The third-order valence-electron chi connectivity index (χ3n) is 3.38. The lowest BCUT2D eigenvalue weighted by molar-refractivity contribution is 0.161. The molecular weight excluding hydrogens is 276 g/mol. The topological polar surface area (TPSA) is 63.0 Å². The molecule has 2 aromatic heterocycles.